The topological polar surface area (TPSA) is 49.9 Å². The highest BCUT2D eigenvalue weighted by Crippen LogP contribution is 2.16. The molecule has 3 rings (SSSR count). The molecule has 26 heavy (non-hydrogen) atoms. The van der Waals surface area contributed by atoms with Crippen LogP contribution in [0, 0.1) is 11.6 Å². The van der Waals surface area contributed by atoms with Crippen molar-refractivity contribution in [2.75, 3.05) is 26.2 Å². The second-order valence-electron chi connectivity index (χ2n) is 5.94. The Balaban J connectivity index is 1.63. The average Bonchev–Trinajstić information content (AvgIpc) is 2.90. The van der Waals surface area contributed by atoms with Crippen molar-refractivity contribution in [1.29, 1.82) is 0 Å². The third kappa shape index (κ3) is 4.17. The van der Waals surface area contributed by atoms with Crippen LogP contribution in [-0.4, -0.2) is 48.0 Å². The number of amides is 2. The van der Waals surface area contributed by atoms with Gasteiger partial charge in [0.05, 0.1) is 5.56 Å². The Morgan fingerprint density at radius 1 is 0.885 bits per heavy atom. The number of carbonyl (C=O) groups excluding carboxylic acids is 2. The molecule has 1 heterocycles. The number of hydrogen-bond acceptors (Lipinski definition) is 3. The summed E-state index contributed by atoms with van der Waals surface area (Å²) < 4.78 is 32.4. The number of halogens is 2. The van der Waals surface area contributed by atoms with Gasteiger partial charge in [-0.25, -0.2) is 13.6 Å². The Morgan fingerprint density at radius 2 is 1.58 bits per heavy atom. The molecule has 0 unspecified atom stereocenters. The van der Waals surface area contributed by atoms with Crippen molar-refractivity contribution in [2.45, 2.75) is 6.42 Å². The zero-order chi connectivity index (χ0) is 18.5. The molecule has 0 spiro atoms. The Hall–Kier alpha value is -2.96. The zero-order valence-corrected chi connectivity index (χ0v) is 14.0. The number of benzene rings is 2. The van der Waals surface area contributed by atoms with Gasteiger partial charge in [0, 0.05) is 26.2 Å². The van der Waals surface area contributed by atoms with Crippen molar-refractivity contribution in [2.24, 2.45) is 0 Å². The molecular formula is C19H18F2N2O3. The van der Waals surface area contributed by atoms with Crippen LogP contribution >= 0.6 is 0 Å². The highest BCUT2D eigenvalue weighted by molar-refractivity contribution is 5.94. The number of para-hydroxylation sites is 1. The van der Waals surface area contributed by atoms with Crippen LogP contribution in [0.4, 0.5) is 13.6 Å². The fourth-order valence-corrected chi connectivity index (χ4v) is 2.79. The molecule has 1 fully saturated rings. The Kier molecular flexibility index (Phi) is 5.46. The van der Waals surface area contributed by atoms with Crippen molar-refractivity contribution in [3.05, 3.63) is 65.7 Å². The minimum absolute atomic E-state index is 0.221. The standard InChI is InChI=1S/C19H18F2N2O3/c20-14-7-8-17(21)16(13-14)18(24)22-9-4-10-23(12-11-22)19(25)26-15-5-2-1-3-6-15/h1-3,5-8,13H,4,9-12H2. The van der Waals surface area contributed by atoms with E-state index in [0.717, 1.165) is 18.2 Å². The smallest absolute Gasteiger partial charge is 0.410 e. The van der Waals surface area contributed by atoms with Crippen molar-refractivity contribution < 1.29 is 23.1 Å². The van der Waals surface area contributed by atoms with Crippen LogP contribution in [0.1, 0.15) is 16.8 Å². The van der Waals surface area contributed by atoms with Crippen molar-refractivity contribution >= 4 is 12.0 Å². The van der Waals surface area contributed by atoms with Gasteiger partial charge in [0.1, 0.15) is 17.4 Å². The highest BCUT2D eigenvalue weighted by atomic mass is 19.1. The van der Waals surface area contributed by atoms with Crippen LogP contribution in [0.3, 0.4) is 0 Å². The average molecular weight is 360 g/mol. The van der Waals surface area contributed by atoms with Gasteiger partial charge < -0.3 is 14.5 Å². The third-order valence-electron chi connectivity index (χ3n) is 4.15. The van der Waals surface area contributed by atoms with E-state index in [2.05, 4.69) is 0 Å². The molecule has 0 aliphatic carbocycles. The van der Waals surface area contributed by atoms with E-state index in [4.69, 9.17) is 4.74 Å². The van der Waals surface area contributed by atoms with Crippen LogP contribution in [0.25, 0.3) is 0 Å². The molecular weight excluding hydrogens is 342 g/mol. The van der Waals surface area contributed by atoms with E-state index in [1.165, 1.54) is 9.80 Å². The van der Waals surface area contributed by atoms with E-state index >= 15 is 0 Å². The molecule has 2 amide bonds. The minimum Gasteiger partial charge on any atom is -0.410 e. The molecule has 0 saturated carbocycles. The van der Waals surface area contributed by atoms with Crippen LogP contribution in [0.15, 0.2) is 48.5 Å². The van der Waals surface area contributed by atoms with E-state index in [1.807, 2.05) is 6.07 Å². The van der Waals surface area contributed by atoms with Crippen molar-refractivity contribution in [3.63, 3.8) is 0 Å². The summed E-state index contributed by atoms with van der Waals surface area (Å²) in [5.74, 6) is -1.57. The van der Waals surface area contributed by atoms with Gasteiger partial charge in [0.25, 0.3) is 5.91 Å². The molecule has 0 radical (unpaired) electrons. The number of hydrogen-bond donors (Lipinski definition) is 0. The fraction of sp³-hybridized carbons (Fsp3) is 0.263. The Bertz CT molecular complexity index is 799. The number of ether oxygens (including phenoxy) is 1. The maximum Gasteiger partial charge on any atom is 0.415 e. The SMILES string of the molecule is O=C(Oc1ccccc1)N1CCCN(C(=O)c2cc(F)ccc2F)CC1. The first-order chi connectivity index (χ1) is 12.5. The summed E-state index contributed by atoms with van der Waals surface area (Å²) in [5, 5.41) is 0. The number of rotatable bonds is 2. The highest BCUT2D eigenvalue weighted by Gasteiger charge is 2.25. The molecule has 1 aliphatic rings. The fourth-order valence-electron chi connectivity index (χ4n) is 2.79. The summed E-state index contributed by atoms with van der Waals surface area (Å²) in [4.78, 5) is 27.7. The van der Waals surface area contributed by atoms with Gasteiger partial charge in [-0.15, -0.1) is 0 Å². The molecule has 0 bridgehead atoms. The minimum atomic E-state index is -0.763. The van der Waals surface area contributed by atoms with Gasteiger partial charge in [0.15, 0.2) is 0 Å². The maximum atomic E-state index is 13.8. The maximum absolute atomic E-state index is 13.8. The largest absolute Gasteiger partial charge is 0.415 e. The lowest BCUT2D eigenvalue weighted by molar-refractivity contribution is 0.0754. The second kappa shape index (κ2) is 7.95. The summed E-state index contributed by atoms with van der Waals surface area (Å²) in [7, 11) is 0. The lowest BCUT2D eigenvalue weighted by Crippen LogP contribution is -2.38. The normalized spacial score (nSPS) is 14.7. The summed E-state index contributed by atoms with van der Waals surface area (Å²) in [6.45, 7) is 1.25. The second-order valence-corrected chi connectivity index (χ2v) is 5.94. The summed E-state index contributed by atoms with van der Waals surface area (Å²) >= 11 is 0. The van der Waals surface area contributed by atoms with Gasteiger partial charge in [0.2, 0.25) is 0 Å². The van der Waals surface area contributed by atoms with Crippen LogP contribution in [0.5, 0.6) is 5.75 Å². The molecule has 1 aliphatic heterocycles. The van der Waals surface area contributed by atoms with Crippen molar-refractivity contribution in [1.82, 2.24) is 9.80 Å². The van der Waals surface area contributed by atoms with Crippen LogP contribution < -0.4 is 4.74 Å². The summed E-state index contributed by atoms with van der Waals surface area (Å²) in [6, 6.07) is 11.5. The van der Waals surface area contributed by atoms with Crippen LogP contribution in [-0.2, 0) is 0 Å². The van der Waals surface area contributed by atoms with Gasteiger partial charge in [-0.1, -0.05) is 18.2 Å². The van der Waals surface area contributed by atoms with E-state index < -0.39 is 23.6 Å². The van der Waals surface area contributed by atoms with Gasteiger partial charge >= 0.3 is 6.09 Å². The lowest BCUT2D eigenvalue weighted by atomic mass is 10.1. The third-order valence-corrected chi connectivity index (χ3v) is 4.15. The molecule has 0 N–H and O–H groups in total. The van der Waals surface area contributed by atoms with E-state index in [-0.39, 0.29) is 18.7 Å². The van der Waals surface area contributed by atoms with Gasteiger partial charge in [-0.05, 0) is 36.8 Å². The molecule has 2 aromatic rings. The van der Waals surface area contributed by atoms with E-state index in [0.29, 0.717) is 25.3 Å². The van der Waals surface area contributed by atoms with E-state index in [1.54, 1.807) is 24.3 Å². The monoisotopic (exact) mass is 360 g/mol. The first-order valence-corrected chi connectivity index (χ1v) is 8.31. The summed E-state index contributed by atoms with van der Waals surface area (Å²) in [6.07, 6.45) is 0.0227. The lowest BCUT2D eigenvalue weighted by Gasteiger charge is -2.22. The predicted molar refractivity (Wildman–Crippen MR) is 90.9 cm³/mol. The predicted octanol–water partition coefficient (Wildman–Crippen LogP) is 3.31. The van der Waals surface area contributed by atoms with Gasteiger partial charge in [-0.3, -0.25) is 4.79 Å². The molecule has 2 aromatic carbocycles. The quantitative estimate of drug-likeness (QED) is 0.826. The first-order valence-electron chi connectivity index (χ1n) is 8.31. The molecule has 0 atom stereocenters. The van der Waals surface area contributed by atoms with Crippen molar-refractivity contribution in [3.8, 4) is 5.75 Å². The van der Waals surface area contributed by atoms with Gasteiger partial charge in [-0.2, -0.15) is 0 Å². The van der Waals surface area contributed by atoms with Crippen LogP contribution in [0.2, 0.25) is 0 Å². The number of carbonyl (C=O) groups is 2. The molecule has 7 heteroatoms. The molecule has 136 valence electrons. The summed E-state index contributed by atoms with van der Waals surface area (Å²) in [5.41, 5.74) is -0.301. The molecule has 1 saturated heterocycles. The Labute approximate surface area is 149 Å². The molecule has 0 aromatic heterocycles. The molecule has 5 nitrogen and oxygen atoms in total. The number of nitrogens with zero attached hydrogens (tertiary/aromatic N) is 2. The first kappa shape index (κ1) is 17.8. The van der Waals surface area contributed by atoms with E-state index in [9.17, 15) is 18.4 Å². The Morgan fingerprint density at radius 3 is 2.35 bits per heavy atom. The zero-order valence-electron chi connectivity index (χ0n) is 14.0.